The normalized spacial score (nSPS) is 16.6. The first-order valence-corrected chi connectivity index (χ1v) is 10.9. The molecule has 9 heteroatoms. The average molecular weight is 430 g/mol. The SMILES string of the molecule is CCOC(=O)Cn1nnnc1C(NC(CC(=O)O)C1CCCCC1)c1ccc(C)cc1. The van der Waals surface area contributed by atoms with E-state index in [1.165, 1.54) is 11.1 Å². The van der Waals surface area contributed by atoms with Gasteiger partial charge in [0, 0.05) is 6.04 Å². The zero-order valence-electron chi connectivity index (χ0n) is 18.2. The van der Waals surface area contributed by atoms with Gasteiger partial charge in [0.2, 0.25) is 0 Å². The molecule has 3 rings (SSSR count). The van der Waals surface area contributed by atoms with E-state index in [1.54, 1.807) is 6.92 Å². The number of aryl methyl sites for hydroxylation is 1. The first-order chi connectivity index (χ1) is 15.0. The summed E-state index contributed by atoms with van der Waals surface area (Å²) in [5, 5.41) is 25.0. The Labute approximate surface area is 182 Å². The molecule has 1 saturated carbocycles. The fourth-order valence-corrected chi connectivity index (χ4v) is 4.24. The van der Waals surface area contributed by atoms with Crippen LogP contribution in [0.2, 0.25) is 0 Å². The Morgan fingerprint density at radius 3 is 2.58 bits per heavy atom. The summed E-state index contributed by atoms with van der Waals surface area (Å²) in [5.74, 6) is -0.528. The largest absolute Gasteiger partial charge is 0.481 e. The van der Waals surface area contributed by atoms with E-state index >= 15 is 0 Å². The number of benzene rings is 1. The van der Waals surface area contributed by atoms with Crippen LogP contribution in [-0.2, 0) is 20.9 Å². The van der Waals surface area contributed by atoms with Crippen LogP contribution in [-0.4, -0.2) is 49.9 Å². The third-order valence-electron chi connectivity index (χ3n) is 5.81. The second-order valence-corrected chi connectivity index (χ2v) is 8.11. The molecule has 1 aliphatic rings. The van der Waals surface area contributed by atoms with Gasteiger partial charge in [-0.3, -0.25) is 14.9 Å². The number of carboxylic acids is 1. The number of esters is 1. The number of rotatable bonds is 10. The third-order valence-corrected chi connectivity index (χ3v) is 5.81. The number of aromatic nitrogens is 4. The molecule has 0 radical (unpaired) electrons. The lowest BCUT2D eigenvalue weighted by atomic mass is 9.82. The van der Waals surface area contributed by atoms with Crippen LogP contribution in [0.1, 0.15) is 68.4 Å². The predicted octanol–water partition coefficient (Wildman–Crippen LogP) is 2.65. The number of aliphatic carboxylic acids is 1. The quantitative estimate of drug-likeness (QED) is 0.553. The standard InChI is InChI=1S/C22H31N5O4/c1-3-31-20(30)14-27-22(24-25-26-27)21(17-11-9-15(2)10-12-17)23-18(13-19(28)29)16-7-5-4-6-8-16/h9-12,16,18,21,23H,3-8,13-14H2,1-2H3,(H,28,29). The van der Waals surface area contributed by atoms with Crippen LogP contribution in [0.3, 0.4) is 0 Å². The smallest absolute Gasteiger partial charge is 0.327 e. The second kappa shape index (κ2) is 11.0. The highest BCUT2D eigenvalue weighted by molar-refractivity contribution is 5.69. The van der Waals surface area contributed by atoms with E-state index in [9.17, 15) is 14.7 Å². The third kappa shape index (κ3) is 6.33. The topological polar surface area (TPSA) is 119 Å². The highest BCUT2D eigenvalue weighted by Crippen LogP contribution is 2.31. The van der Waals surface area contributed by atoms with E-state index < -0.39 is 18.0 Å². The fraction of sp³-hybridized carbons (Fsp3) is 0.591. The molecule has 1 fully saturated rings. The van der Waals surface area contributed by atoms with Crippen molar-refractivity contribution in [3.05, 3.63) is 41.2 Å². The van der Waals surface area contributed by atoms with Crippen LogP contribution in [0.4, 0.5) is 0 Å². The Morgan fingerprint density at radius 1 is 1.23 bits per heavy atom. The minimum Gasteiger partial charge on any atom is -0.481 e. The molecule has 168 valence electrons. The first-order valence-electron chi connectivity index (χ1n) is 10.9. The van der Waals surface area contributed by atoms with Gasteiger partial charge in [0.05, 0.1) is 19.1 Å². The van der Waals surface area contributed by atoms with Gasteiger partial charge < -0.3 is 9.84 Å². The fourth-order valence-electron chi connectivity index (χ4n) is 4.24. The molecule has 1 aromatic carbocycles. The molecule has 1 aliphatic carbocycles. The van der Waals surface area contributed by atoms with E-state index in [0.717, 1.165) is 36.8 Å². The summed E-state index contributed by atoms with van der Waals surface area (Å²) < 4.78 is 6.47. The van der Waals surface area contributed by atoms with Crippen LogP contribution >= 0.6 is 0 Å². The summed E-state index contributed by atoms with van der Waals surface area (Å²) in [4.78, 5) is 23.7. The Kier molecular flexibility index (Phi) is 8.11. The Balaban J connectivity index is 1.93. The van der Waals surface area contributed by atoms with Gasteiger partial charge in [-0.05, 0) is 48.6 Å². The Bertz CT molecular complexity index is 861. The van der Waals surface area contributed by atoms with Gasteiger partial charge >= 0.3 is 11.9 Å². The van der Waals surface area contributed by atoms with E-state index in [0.29, 0.717) is 5.82 Å². The summed E-state index contributed by atoms with van der Waals surface area (Å²) in [7, 11) is 0. The molecule has 1 heterocycles. The number of hydrogen-bond acceptors (Lipinski definition) is 7. The lowest BCUT2D eigenvalue weighted by Gasteiger charge is -2.33. The van der Waals surface area contributed by atoms with Crippen molar-refractivity contribution in [1.82, 2.24) is 25.5 Å². The van der Waals surface area contributed by atoms with Crippen molar-refractivity contribution in [2.24, 2.45) is 5.92 Å². The maximum absolute atomic E-state index is 12.0. The zero-order valence-corrected chi connectivity index (χ0v) is 18.2. The van der Waals surface area contributed by atoms with Crippen LogP contribution in [0.5, 0.6) is 0 Å². The van der Waals surface area contributed by atoms with E-state index in [2.05, 4.69) is 20.8 Å². The van der Waals surface area contributed by atoms with Gasteiger partial charge in [0.1, 0.15) is 6.54 Å². The maximum atomic E-state index is 12.0. The molecule has 0 aliphatic heterocycles. The van der Waals surface area contributed by atoms with Gasteiger partial charge in [-0.2, -0.15) is 0 Å². The molecule has 2 N–H and O–H groups in total. The first kappa shape index (κ1) is 22.9. The number of hydrogen-bond donors (Lipinski definition) is 2. The molecule has 2 unspecified atom stereocenters. The van der Waals surface area contributed by atoms with Crippen molar-refractivity contribution in [2.45, 2.75) is 71.0 Å². The van der Waals surface area contributed by atoms with Gasteiger partial charge in [-0.1, -0.05) is 49.1 Å². The number of tetrazole rings is 1. The van der Waals surface area contributed by atoms with E-state index in [4.69, 9.17) is 4.74 Å². The Hall–Kier alpha value is -2.81. The number of carbonyl (C=O) groups excluding carboxylic acids is 1. The van der Waals surface area contributed by atoms with Crippen molar-refractivity contribution in [3.63, 3.8) is 0 Å². The predicted molar refractivity (Wildman–Crippen MR) is 113 cm³/mol. The highest BCUT2D eigenvalue weighted by Gasteiger charge is 2.31. The van der Waals surface area contributed by atoms with Crippen LogP contribution in [0.15, 0.2) is 24.3 Å². The van der Waals surface area contributed by atoms with E-state index in [-0.39, 0.29) is 31.5 Å². The number of nitrogens with one attached hydrogen (secondary N) is 1. The Morgan fingerprint density at radius 2 is 1.94 bits per heavy atom. The number of ether oxygens (including phenoxy) is 1. The maximum Gasteiger partial charge on any atom is 0.327 e. The van der Waals surface area contributed by atoms with Crippen molar-refractivity contribution >= 4 is 11.9 Å². The molecule has 9 nitrogen and oxygen atoms in total. The van der Waals surface area contributed by atoms with Gasteiger partial charge in [0.25, 0.3) is 0 Å². The number of carbonyl (C=O) groups is 2. The molecule has 2 atom stereocenters. The molecule has 0 amide bonds. The molecule has 2 aromatic rings. The molecule has 0 saturated heterocycles. The molecular weight excluding hydrogens is 398 g/mol. The zero-order chi connectivity index (χ0) is 22.2. The minimum absolute atomic E-state index is 0.0203. The summed E-state index contributed by atoms with van der Waals surface area (Å²) in [5.41, 5.74) is 2.03. The lowest BCUT2D eigenvalue weighted by Crippen LogP contribution is -2.42. The summed E-state index contributed by atoms with van der Waals surface area (Å²) >= 11 is 0. The van der Waals surface area contributed by atoms with Crippen LogP contribution in [0, 0.1) is 12.8 Å². The van der Waals surface area contributed by atoms with Crippen molar-refractivity contribution in [1.29, 1.82) is 0 Å². The summed E-state index contributed by atoms with van der Waals surface area (Å²) in [6.45, 7) is 3.92. The lowest BCUT2D eigenvalue weighted by molar-refractivity contribution is -0.144. The molecular formula is C22H31N5O4. The minimum atomic E-state index is -0.836. The van der Waals surface area contributed by atoms with Crippen molar-refractivity contribution in [3.8, 4) is 0 Å². The highest BCUT2D eigenvalue weighted by atomic mass is 16.5. The average Bonchev–Trinajstić information content (AvgIpc) is 3.20. The number of nitrogens with zero attached hydrogens (tertiary/aromatic N) is 4. The van der Waals surface area contributed by atoms with E-state index in [1.807, 2.05) is 31.2 Å². The van der Waals surface area contributed by atoms with Gasteiger partial charge in [0.15, 0.2) is 5.82 Å². The summed E-state index contributed by atoms with van der Waals surface area (Å²) in [6.07, 6.45) is 5.43. The monoisotopic (exact) mass is 429 g/mol. The molecule has 1 aromatic heterocycles. The number of carboxylic acid groups (broad SMARTS) is 1. The van der Waals surface area contributed by atoms with Crippen molar-refractivity contribution < 1.29 is 19.4 Å². The molecule has 0 bridgehead atoms. The van der Waals surface area contributed by atoms with Crippen LogP contribution < -0.4 is 5.32 Å². The summed E-state index contributed by atoms with van der Waals surface area (Å²) in [6, 6.07) is 7.28. The molecule has 31 heavy (non-hydrogen) atoms. The second-order valence-electron chi connectivity index (χ2n) is 8.11. The van der Waals surface area contributed by atoms with Crippen LogP contribution in [0.25, 0.3) is 0 Å². The van der Waals surface area contributed by atoms with Crippen molar-refractivity contribution in [2.75, 3.05) is 6.61 Å². The van der Waals surface area contributed by atoms with Gasteiger partial charge in [-0.25, -0.2) is 4.68 Å². The van der Waals surface area contributed by atoms with Gasteiger partial charge in [-0.15, -0.1) is 5.10 Å². The molecule has 0 spiro atoms.